The van der Waals surface area contributed by atoms with E-state index in [0.29, 0.717) is 15.9 Å². The Morgan fingerprint density at radius 3 is 2.26 bits per heavy atom. The highest BCUT2D eigenvalue weighted by atomic mass is 79.9. The molecule has 2 amide bonds. The highest BCUT2D eigenvalue weighted by molar-refractivity contribution is 9.10. The van der Waals surface area contributed by atoms with Gasteiger partial charge in [0.15, 0.2) is 0 Å². The van der Waals surface area contributed by atoms with Crippen LogP contribution >= 0.6 is 15.9 Å². The summed E-state index contributed by atoms with van der Waals surface area (Å²) < 4.78 is 34.2. The van der Waals surface area contributed by atoms with Gasteiger partial charge in [-0.25, -0.2) is 13.1 Å². The van der Waals surface area contributed by atoms with Crippen LogP contribution in [0.25, 0.3) is 6.08 Å². The van der Waals surface area contributed by atoms with Gasteiger partial charge >= 0.3 is 0 Å². The Bertz CT molecular complexity index is 1600. The molecule has 0 unspecified atom stereocenters. The predicted molar refractivity (Wildman–Crippen MR) is 151 cm³/mol. The quantitative estimate of drug-likeness (QED) is 0.234. The number of anilines is 1. The van der Waals surface area contributed by atoms with Crippen molar-refractivity contribution in [3.8, 4) is 11.5 Å². The van der Waals surface area contributed by atoms with Gasteiger partial charge in [0.05, 0.1) is 10.5 Å². The van der Waals surface area contributed by atoms with E-state index in [4.69, 9.17) is 4.74 Å². The third-order valence-corrected chi connectivity index (χ3v) is 7.29. The standard InChI is InChI=1S/C29H23BrN2O5S/c1-20-7-5-6-8-21(20)11-18-28(33)31-23-14-17-26(27(19-23)37-24-9-3-2-4-10-24)29(34)32-38(35,36)25-15-12-22(30)13-16-25/h2-19H,1H3,(H,31,33)(H,32,34). The molecule has 0 fully saturated rings. The Kier molecular flexibility index (Phi) is 8.40. The number of carbonyl (C=O) groups is 2. The molecule has 0 aliphatic rings. The highest BCUT2D eigenvalue weighted by Gasteiger charge is 2.22. The molecule has 38 heavy (non-hydrogen) atoms. The van der Waals surface area contributed by atoms with E-state index in [1.54, 1.807) is 42.5 Å². The van der Waals surface area contributed by atoms with E-state index in [0.717, 1.165) is 11.1 Å². The maximum atomic E-state index is 13.1. The van der Waals surface area contributed by atoms with Crippen molar-refractivity contribution in [2.24, 2.45) is 0 Å². The largest absolute Gasteiger partial charge is 0.456 e. The molecular formula is C29H23BrN2O5S. The van der Waals surface area contributed by atoms with Crippen LogP contribution in [-0.4, -0.2) is 20.2 Å². The number of aryl methyl sites for hydroxylation is 1. The molecule has 9 heteroatoms. The predicted octanol–water partition coefficient (Wildman–Crippen LogP) is 6.32. The summed E-state index contributed by atoms with van der Waals surface area (Å²) in [6.45, 7) is 1.95. The molecular weight excluding hydrogens is 568 g/mol. The van der Waals surface area contributed by atoms with E-state index < -0.39 is 15.9 Å². The molecule has 2 N–H and O–H groups in total. The van der Waals surface area contributed by atoms with Gasteiger partial charge in [-0.05, 0) is 72.7 Å². The molecule has 0 bridgehead atoms. The first-order valence-corrected chi connectivity index (χ1v) is 13.7. The number of carbonyl (C=O) groups excluding carboxylic acids is 2. The number of benzene rings is 4. The summed E-state index contributed by atoms with van der Waals surface area (Å²) in [4.78, 5) is 25.5. The fourth-order valence-corrected chi connectivity index (χ4v) is 4.69. The summed E-state index contributed by atoms with van der Waals surface area (Å²) in [5.74, 6) is -0.759. The van der Waals surface area contributed by atoms with Crippen molar-refractivity contribution in [2.45, 2.75) is 11.8 Å². The van der Waals surface area contributed by atoms with Gasteiger partial charge in [0.1, 0.15) is 11.5 Å². The Morgan fingerprint density at radius 2 is 1.55 bits per heavy atom. The summed E-state index contributed by atoms with van der Waals surface area (Å²) in [6, 6.07) is 26.6. The van der Waals surface area contributed by atoms with Crippen molar-refractivity contribution in [3.05, 3.63) is 124 Å². The first kappa shape index (κ1) is 26.8. The van der Waals surface area contributed by atoms with Crippen LogP contribution in [0.4, 0.5) is 5.69 Å². The van der Waals surface area contributed by atoms with Crippen LogP contribution < -0.4 is 14.8 Å². The summed E-state index contributed by atoms with van der Waals surface area (Å²) in [5.41, 5.74) is 2.28. The van der Waals surface area contributed by atoms with E-state index in [1.165, 1.54) is 36.4 Å². The van der Waals surface area contributed by atoms with Crippen LogP contribution in [0.15, 0.2) is 113 Å². The molecule has 192 valence electrons. The molecule has 0 atom stereocenters. The Balaban J connectivity index is 1.59. The number of rotatable bonds is 8. The van der Waals surface area contributed by atoms with E-state index >= 15 is 0 Å². The van der Waals surface area contributed by atoms with E-state index in [-0.39, 0.29) is 22.1 Å². The molecule has 4 aromatic carbocycles. The molecule has 7 nitrogen and oxygen atoms in total. The number of halogens is 1. The minimum absolute atomic E-state index is 0.0250. The van der Waals surface area contributed by atoms with Crippen molar-refractivity contribution >= 4 is 49.5 Å². The van der Waals surface area contributed by atoms with Gasteiger partial charge in [-0.1, -0.05) is 58.4 Å². The topological polar surface area (TPSA) is 102 Å². The second-order valence-corrected chi connectivity index (χ2v) is 10.8. The zero-order chi connectivity index (χ0) is 27.1. The van der Waals surface area contributed by atoms with Gasteiger partial charge in [-0.3, -0.25) is 9.59 Å². The maximum Gasteiger partial charge on any atom is 0.268 e. The Hall–Kier alpha value is -4.21. The van der Waals surface area contributed by atoms with Gasteiger partial charge in [-0.2, -0.15) is 0 Å². The molecule has 0 aliphatic carbocycles. The van der Waals surface area contributed by atoms with Crippen molar-refractivity contribution in [1.29, 1.82) is 0 Å². The van der Waals surface area contributed by atoms with Crippen LogP contribution in [-0.2, 0) is 14.8 Å². The number of ether oxygens (including phenoxy) is 1. The molecule has 0 saturated heterocycles. The van der Waals surface area contributed by atoms with E-state index in [2.05, 4.69) is 26.0 Å². The lowest BCUT2D eigenvalue weighted by Gasteiger charge is -2.14. The average Bonchev–Trinajstić information content (AvgIpc) is 2.89. The number of hydrogen-bond donors (Lipinski definition) is 2. The van der Waals surface area contributed by atoms with Gasteiger partial charge in [0.25, 0.3) is 15.9 Å². The third-order valence-electron chi connectivity index (χ3n) is 5.42. The lowest BCUT2D eigenvalue weighted by molar-refractivity contribution is -0.111. The second kappa shape index (κ2) is 11.9. The Labute approximate surface area is 229 Å². The number of nitrogens with one attached hydrogen (secondary N) is 2. The number of amides is 2. The normalized spacial score (nSPS) is 11.2. The molecule has 4 aromatic rings. The summed E-state index contributed by atoms with van der Waals surface area (Å²) in [7, 11) is -4.14. The lowest BCUT2D eigenvalue weighted by atomic mass is 10.1. The fraction of sp³-hybridized carbons (Fsp3) is 0.0345. The summed E-state index contributed by atoms with van der Waals surface area (Å²) in [5, 5.41) is 2.74. The van der Waals surface area contributed by atoms with Crippen molar-refractivity contribution in [1.82, 2.24) is 4.72 Å². The van der Waals surface area contributed by atoms with Crippen molar-refractivity contribution < 1.29 is 22.7 Å². The lowest BCUT2D eigenvalue weighted by Crippen LogP contribution is -2.30. The van der Waals surface area contributed by atoms with Gasteiger partial charge < -0.3 is 10.1 Å². The fourth-order valence-electron chi connectivity index (χ4n) is 3.46. The van der Waals surface area contributed by atoms with Crippen LogP contribution in [0.1, 0.15) is 21.5 Å². The average molecular weight is 591 g/mol. The SMILES string of the molecule is Cc1ccccc1C=CC(=O)Nc1ccc(C(=O)NS(=O)(=O)c2ccc(Br)cc2)c(Oc2ccccc2)c1. The van der Waals surface area contributed by atoms with Crippen molar-refractivity contribution in [2.75, 3.05) is 5.32 Å². The Morgan fingerprint density at radius 1 is 0.868 bits per heavy atom. The molecule has 0 heterocycles. The second-order valence-electron chi connectivity index (χ2n) is 8.19. The van der Waals surface area contributed by atoms with Crippen LogP contribution in [0.2, 0.25) is 0 Å². The van der Waals surface area contributed by atoms with Gasteiger partial charge in [0, 0.05) is 22.3 Å². The highest BCUT2D eigenvalue weighted by Crippen LogP contribution is 2.29. The zero-order valence-electron chi connectivity index (χ0n) is 20.2. The summed E-state index contributed by atoms with van der Waals surface area (Å²) in [6.07, 6.45) is 3.12. The first-order valence-electron chi connectivity index (χ1n) is 11.5. The summed E-state index contributed by atoms with van der Waals surface area (Å²) >= 11 is 3.26. The third kappa shape index (κ3) is 6.96. The molecule has 0 radical (unpaired) electrons. The monoisotopic (exact) mass is 590 g/mol. The smallest absolute Gasteiger partial charge is 0.268 e. The number of para-hydroxylation sites is 1. The van der Waals surface area contributed by atoms with Crippen LogP contribution in [0.5, 0.6) is 11.5 Å². The zero-order valence-corrected chi connectivity index (χ0v) is 22.6. The minimum atomic E-state index is -4.14. The molecule has 0 spiro atoms. The van der Waals surface area contributed by atoms with E-state index in [1.807, 2.05) is 37.3 Å². The van der Waals surface area contributed by atoms with Gasteiger partial charge in [0.2, 0.25) is 5.91 Å². The van der Waals surface area contributed by atoms with Crippen LogP contribution in [0.3, 0.4) is 0 Å². The first-order chi connectivity index (χ1) is 18.2. The van der Waals surface area contributed by atoms with Crippen molar-refractivity contribution in [3.63, 3.8) is 0 Å². The molecule has 0 aromatic heterocycles. The van der Waals surface area contributed by atoms with E-state index in [9.17, 15) is 18.0 Å². The van der Waals surface area contributed by atoms with Gasteiger partial charge in [-0.15, -0.1) is 0 Å². The number of sulfonamides is 1. The molecule has 0 aliphatic heterocycles. The minimum Gasteiger partial charge on any atom is -0.456 e. The number of hydrogen-bond acceptors (Lipinski definition) is 5. The molecule has 0 saturated carbocycles. The van der Waals surface area contributed by atoms with Crippen LogP contribution in [0, 0.1) is 6.92 Å². The molecule has 4 rings (SSSR count). The maximum absolute atomic E-state index is 13.1.